The van der Waals surface area contributed by atoms with Crippen LogP contribution in [0.2, 0.25) is 0 Å². The standard InChI is InChI=1S/C16H16BrFN2O3S/c17-14-3-1-2-4-15(14)24(22,23)20-10-9-19-16(21)11-12-5-7-13(18)8-6-12/h1-8,20H,9-11H2,(H,19,21). The summed E-state index contributed by atoms with van der Waals surface area (Å²) in [5.74, 6) is -0.623. The molecule has 2 aromatic carbocycles. The number of rotatable bonds is 7. The molecule has 0 atom stereocenters. The fraction of sp³-hybridized carbons (Fsp3) is 0.188. The van der Waals surface area contributed by atoms with Crippen LogP contribution in [-0.2, 0) is 21.2 Å². The molecule has 0 spiro atoms. The van der Waals surface area contributed by atoms with Gasteiger partial charge >= 0.3 is 0 Å². The number of halogens is 2. The molecule has 0 aliphatic rings. The van der Waals surface area contributed by atoms with Crippen LogP contribution in [0.1, 0.15) is 5.56 Å². The van der Waals surface area contributed by atoms with Crippen LogP contribution in [0.5, 0.6) is 0 Å². The molecule has 2 N–H and O–H groups in total. The van der Waals surface area contributed by atoms with E-state index in [0.717, 1.165) is 0 Å². The number of hydrogen-bond acceptors (Lipinski definition) is 3. The zero-order chi connectivity index (χ0) is 17.6. The topological polar surface area (TPSA) is 75.3 Å². The van der Waals surface area contributed by atoms with Gasteiger partial charge in [0.25, 0.3) is 0 Å². The van der Waals surface area contributed by atoms with Gasteiger partial charge in [0.1, 0.15) is 5.82 Å². The Hall–Kier alpha value is -1.77. The van der Waals surface area contributed by atoms with Crippen molar-refractivity contribution in [2.45, 2.75) is 11.3 Å². The van der Waals surface area contributed by atoms with E-state index in [1.54, 1.807) is 18.2 Å². The van der Waals surface area contributed by atoms with Gasteiger partial charge in [0.05, 0.1) is 11.3 Å². The van der Waals surface area contributed by atoms with Crippen LogP contribution in [-0.4, -0.2) is 27.4 Å². The Kier molecular flexibility index (Phi) is 6.47. The molecule has 8 heteroatoms. The molecule has 0 bridgehead atoms. The molecule has 0 radical (unpaired) electrons. The summed E-state index contributed by atoms with van der Waals surface area (Å²) in [4.78, 5) is 11.9. The maximum Gasteiger partial charge on any atom is 0.241 e. The van der Waals surface area contributed by atoms with Gasteiger partial charge in [-0.25, -0.2) is 17.5 Å². The number of amides is 1. The molecule has 5 nitrogen and oxygen atoms in total. The molecule has 2 aromatic rings. The van der Waals surface area contributed by atoms with Crippen molar-refractivity contribution in [3.8, 4) is 0 Å². The van der Waals surface area contributed by atoms with Gasteiger partial charge in [-0.3, -0.25) is 4.79 Å². The van der Waals surface area contributed by atoms with Crippen LogP contribution in [0.4, 0.5) is 4.39 Å². The summed E-state index contributed by atoms with van der Waals surface area (Å²) in [6.07, 6.45) is 0.108. The average molecular weight is 415 g/mol. The number of sulfonamides is 1. The number of carbonyl (C=O) groups excluding carboxylic acids is 1. The Morgan fingerprint density at radius 3 is 2.38 bits per heavy atom. The summed E-state index contributed by atoms with van der Waals surface area (Å²) in [7, 11) is -3.64. The highest BCUT2D eigenvalue weighted by Crippen LogP contribution is 2.20. The fourth-order valence-electron chi connectivity index (χ4n) is 1.98. The maximum absolute atomic E-state index is 12.8. The lowest BCUT2D eigenvalue weighted by molar-refractivity contribution is -0.120. The van der Waals surface area contributed by atoms with E-state index in [1.165, 1.54) is 30.3 Å². The van der Waals surface area contributed by atoms with Crippen LogP contribution >= 0.6 is 15.9 Å². The molecule has 0 fully saturated rings. The van der Waals surface area contributed by atoms with Crippen molar-refractivity contribution in [3.63, 3.8) is 0 Å². The normalized spacial score (nSPS) is 11.2. The van der Waals surface area contributed by atoms with Crippen LogP contribution in [0.15, 0.2) is 57.9 Å². The van der Waals surface area contributed by atoms with Crippen molar-refractivity contribution in [2.24, 2.45) is 0 Å². The fourth-order valence-corrected chi connectivity index (χ4v) is 4.01. The van der Waals surface area contributed by atoms with E-state index in [1.807, 2.05) is 0 Å². The summed E-state index contributed by atoms with van der Waals surface area (Å²) < 4.78 is 39.9. The second-order valence-corrected chi connectivity index (χ2v) is 7.57. The molecule has 0 aromatic heterocycles. The summed E-state index contributed by atoms with van der Waals surface area (Å²) in [6, 6.07) is 12.1. The minimum atomic E-state index is -3.64. The average Bonchev–Trinajstić information content (AvgIpc) is 2.54. The maximum atomic E-state index is 12.8. The Bertz CT molecular complexity index is 810. The van der Waals surface area contributed by atoms with Crippen molar-refractivity contribution in [1.82, 2.24) is 10.0 Å². The molecule has 0 saturated heterocycles. The lowest BCUT2D eigenvalue weighted by Gasteiger charge is -2.09. The Labute approximate surface area is 148 Å². The van der Waals surface area contributed by atoms with E-state index in [4.69, 9.17) is 0 Å². The molecule has 0 unspecified atom stereocenters. The van der Waals surface area contributed by atoms with E-state index in [9.17, 15) is 17.6 Å². The summed E-state index contributed by atoms with van der Waals surface area (Å²) >= 11 is 3.19. The molecule has 24 heavy (non-hydrogen) atoms. The SMILES string of the molecule is O=C(Cc1ccc(F)cc1)NCCNS(=O)(=O)c1ccccc1Br. The largest absolute Gasteiger partial charge is 0.355 e. The van der Waals surface area contributed by atoms with Crippen LogP contribution in [0.3, 0.4) is 0 Å². The Morgan fingerprint density at radius 2 is 1.71 bits per heavy atom. The minimum Gasteiger partial charge on any atom is -0.355 e. The monoisotopic (exact) mass is 414 g/mol. The van der Waals surface area contributed by atoms with Crippen molar-refractivity contribution in [2.75, 3.05) is 13.1 Å². The van der Waals surface area contributed by atoms with Crippen molar-refractivity contribution in [3.05, 3.63) is 64.4 Å². The number of carbonyl (C=O) groups is 1. The molecule has 128 valence electrons. The second kappa shape index (κ2) is 8.36. The Morgan fingerprint density at radius 1 is 1.04 bits per heavy atom. The van der Waals surface area contributed by atoms with Crippen molar-refractivity contribution in [1.29, 1.82) is 0 Å². The lowest BCUT2D eigenvalue weighted by Crippen LogP contribution is -2.35. The van der Waals surface area contributed by atoms with Gasteiger partial charge in [-0.1, -0.05) is 24.3 Å². The third-order valence-electron chi connectivity index (χ3n) is 3.14. The van der Waals surface area contributed by atoms with E-state index < -0.39 is 10.0 Å². The van der Waals surface area contributed by atoms with Crippen LogP contribution < -0.4 is 10.0 Å². The minimum absolute atomic E-state index is 0.0683. The van der Waals surface area contributed by atoms with Crippen molar-refractivity contribution >= 4 is 31.9 Å². The summed E-state index contributed by atoms with van der Waals surface area (Å²) in [5.41, 5.74) is 0.683. The van der Waals surface area contributed by atoms with Gasteiger partial charge in [0.2, 0.25) is 15.9 Å². The molecule has 0 heterocycles. The van der Waals surface area contributed by atoms with E-state index >= 15 is 0 Å². The highest BCUT2D eigenvalue weighted by Gasteiger charge is 2.16. The highest BCUT2D eigenvalue weighted by atomic mass is 79.9. The number of benzene rings is 2. The van der Waals surface area contributed by atoms with E-state index in [-0.39, 0.29) is 36.1 Å². The predicted molar refractivity (Wildman–Crippen MR) is 92.4 cm³/mol. The first-order valence-corrected chi connectivity index (χ1v) is 9.41. The first kappa shape index (κ1) is 18.6. The molecule has 1 amide bonds. The van der Waals surface area contributed by atoms with Gasteiger partial charge < -0.3 is 5.32 Å². The molecular weight excluding hydrogens is 399 g/mol. The highest BCUT2D eigenvalue weighted by molar-refractivity contribution is 9.10. The first-order chi connectivity index (χ1) is 11.4. The second-order valence-electron chi connectivity index (χ2n) is 4.98. The van der Waals surface area contributed by atoms with Gasteiger partial charge in [0, 0.05) is 17.6 Å². The molecular formula is C16H16BrFN2O3S. The molecule has 0 aliphatic carbocycles. The molecule has 0 aliphatic heterocycles. The van der Waals surface area contributed by atoms with Gasteiger partial charge in [-0.15, -0.1) is 0 Å². The molecule has 0 saturated carbocycles. The lowest BCUT2D eigenvalue weighted by atomic mass is 10.1. The third-order valence-corrected chi connectivity index (χ3v) is 5.62. The van der Waals surface area contributed by atoms with Crippen molar-refractivity contribution < 1.29 is 17.6 Å². The zero-order valence-electron chi connectivity index (χ0n) is 12.6. The smallest absolute Gasteiger partial charge is 0.241 e. The van der Waals surface area contributed by atoms with Crippen LogP contribution in [0.25, 0.3) is 0 Å². The van der Waals surface area contributed by atoms with E-state index in [2.05, 4.69) is 26.0 Å². The van der Waals surface area contributed by atoms with Gasteiger partial charge in [-0.2, -0.15) is 0 Å². The van der Waals surface area contributed by atoms with Crippen LogP contribution in [0, 0.1) is 5.82 Å². The first-order valence-electron chi connectivity index (χ1n) is 7.14. The predicted octanol–water partition coefficient (Wildman–Crippen LogP) is 2.23. The number of hydrogen-bond donors (Lipinski definition) is 2. The summed E-state index contributed by atoms with van der Waals surface area (Å²) in [5, 5.41) is 2.61. The molecule has 2 rings (SSSR count). The quantitative estimate of drug-likeness (QED) is 0.682. The van der Waals surface area contributed by atoms with Gasteiger partial charge in [0.15, 0.2) is 0 Å². The number of nitrogens with one attached hydrogen (secondary N) is 2. The zero-order valence-corrected chi connectivity index (χ0v) is 15.0. The Balaban J connectivity index is 1.79. The van der Waals surface area contributed by atoms with E-state index in [0.29, 0.717) is 10.0 Å². The summed E-state index contributed by atoms with van der Waals surface area (Å²) in [6.45, 7) is 0.225. The third kappa shape index (κ3) is 5.40. The van der Waals surface area contributed by atoms with Gasteiger partial charge in [-0.05, 0) is 45.8 Å².